The van der Waals surface area contributed by atoms with Crippen LogP contribution in [0.15, 0.2) is 67.0 Å². The number of pyridine rings is 2. The van der Waals surface area contributed by atoms with Crippen molar-refractivity contribution in [2.45, 2.75) is 69.5 Å². The summed E-state index contributed by atoms with van der Waals surface area (Å²) in [6, 6.07) is 17.9. The number of imide groups is 2. The summed E-state index contributed by atoms with van der Waals surface area (Å²) in [6.45, 7) is 7.46. The van der Waals surface area contributed by atoms with E-state index in [0.717, 1.165) is 80.1 Å². The standard InChI is InChI=1S/C45H49N11O5/c1-28-26-55(36-8-4-30(24-46)40-34(36)3-2-17-49-40)45(15-16-45)27-54(28)44(61)51-32-6-10-38(50-25-32)53-21-13-29(14-22-53)12-18-47-19-20-48-31-5-7-33-35(23-31)43(60)56(42(33)59)37-9-11-39(57)52-41(37)58/h2-8,10,17,23,25,28-29,37,47-48H,9,11-16,18-22,26-27H2,1H3,(H,51,61)(H,52,57,58)/t28-,37?/m1/s1. The molecule has 61 heavy (non-hydrogen) atoms. The highest BCUT2D eigenvalue weighted by atomic mass is 16.2. The van der Waals surface area contributed by atoms with Crippen LogP contribution in [0, 0.1) is 17.2 Å². The summed E-state index contributed by atoms with van der Waals surface area (Å²) in [7, 11) is 0. The third-order valence-corrected chi connectivity index (χ3v) is 13.0. The third kappa shape index (κ3) is 7.81. The largest absolute Gasteiger partial charge is 0.384 e. The first-order valence-corrected chi connectivity index (χ1v) is 21.3. The number of benzene rings is 2. The fraction of sp³-hybridized carbons (Fsp3) is 0.422. The molecular weight excluding hydrogens is 775 g/mol. The number of hydrogen-bond acceptors (Lipinski definition) is 12. The number of amides is 6. The van der Waals surface area contributed by atoms with Gasteiger partial charge in [0, 0.05) is 74.7 Å². The van der Waals surface area contributed by atoms with Gasteiger partial charge in [-0.1, -0.05) is 0 Å². The Labute approximate surface area is 353 Å². The first kappa shape index (κ1) is 39.8. The summed E-state index contributed by atoms with van der Waals surface area (Å²) >= 11 is 0. The molecule has 9 rings (SSSR count). The zero-order valence-electron chi connectivity index (χ0n) is 34.2. The van der Waals surface area contributed by atoms with E-state index < -0.39 is 29.7 Å². The van der Waals surface area contributed by atoms with Gasteiger partial charge >= 0.3 is 6.03 Å². The molecule has 4 aromatic rings. The van der Waals surface area contributed by atoms with Gasteiger partial charge in [0.05, 0.1) is 39.6 Å². The van der Waals surface area contributed by atoms with Gasteiger partial charge in [-0.15, -0.1) is 0 Å². The fourth-order valence-corrected chi connectivity index (χ4v) is 9.40. The molecule has 0 radical (unpaired) electrons. The van der Waals surface area contributed by atoms with E-state index in [9.17, 15) is 29.2 Å². The van der Waals surface area contributed by atoms with Gasteiger partial charge in [0.15, 0.2) is 0 Å². The second kappa shape index (κ2) is 16.5. The van der Waals surface area contributed by atoms with E-state index in [-0.39, 0.29) is 41.6 Å². The number of nitrogens with one attached hydrogen (secondary N) is 4. The number of anilines is 4. The maximum atomic E-state index is 13.7. The van der Waals surface area contributed by atoms with Crippen molar-refractivity contribution < 1.29 is 24.0 Å². The van der Waals surface area contributed by atoms with Crippen molar-refractivity contribution in [1.82, 2.24) is 30.4 Å². The molecule has 6 heterocycles. The van der Waals surface area contributed by atoms with Crippen molar-refractivity contribution in [3.8, 4) is 6.07 Å². The minimum absolute atomic E-state index is 0.0329. The molecule has 1 aliphatic carbocycles. The van der Waals surface area contributed by atoms with E-state index in [1.54, 1.807) is 30.6 Å². The van der Waals surface area contributed by atoms with Crippen LogP contribution in [0.25, 0.3) is 10.9 Å². The van der Waals surface area contributed by atoms with Gasteiger partial charge in [0.2, 0.25) is 11.8 Å². The molecule has 6 amide bonds. The number of rotatable bonds is 11. The summed E-state index contributed by atoms with van der Waals surface area (Å²) in [4.78, 5) is 80.5. The van der Waals surface area contributed by atoms with E-state index in [2.05, 4.69) is 49.0 Å². The number of fused-ring (bicyclic) bond motifs is 2. The number of carbonyl (C=O) groups excluding carboxylic acids is 5. The summed E-state index contributed by atoms with van der Waals surface area (Å²) in [5.74, 6) is -0.540. The first-order valence-electron chi connectivity index (χ1n) is 21.3. The minimum atomic E-state index is -0.982. The lowest BCUT2D eigenvalue weighted by atomic mass is 9.93. The molecule has 4 aliphatic heterocycles. The predicted octanol–water partition coefficient (Wildman–Crippen LogP) is 4.49. The SMILES string of the molecule is C[C@@H]1CN(c2ccc(C#N)c3ncccc23)C2(CC2)CN1C(=O)Nc1ccc(N2CCC(CCNCCNc3ccc4c(c3)C(=O)N(C3CCC(=O)NC3=O)C4=O)CC2)nc1. The molecular formula is C45H49N11O5. The van der Waals surface area contributed by atoms with Crippen LogP contribution in [0.2, 0.25) is 0 Å². The number of piperazine rings is 1. The Morgan fingerprint density at radius 1 is 0.934 bits per heavy atom. The Hall–Kier alpha value is -6.60. The number of nitrogens with zero attached hydrogens (tertiary/aromatic N) is 7. The molecule has 3 saturated heterocycles. The Morgan fingerprint density at radius 2 is 1.74 bits per heavy atom. The second-order valence-electron chi connectivity index (χ2n) is 16.9. The lowest BCUT2D eigenvalue weighted by molar-refractivity contribution is -0.136. The summed E-state index contributed by atoms with van der Waals surface area (Å²) in [5, 5.41) is 22.7. The average molecular weight is 824 g/mol. The van der Waals surface area contributed by atoms with Gasteiger partial charge < -0.3 is 30.7 Å². The van der Waals surface area contributed by atoms with Crippen molar-refractivity contribution >= 4 is 63.4 Å². The maximum Gasteiger partial charge on any atom is 0.322 e. The maximum absolute atomic E-state index is 13.7. The van der Waals surface area contributed by atoms with Gasteiger partial charge in [-0.3, -0.25) is 34.4 Å². The Bertz CT molecular complexity index is 2440. The van der Waals surface area contributed by atoms with Crippen molar-refractivity contribution in [3.05, 3.63) is 83.7 Å². The third-order valence-electron chi connectivity index (χ3n) is 13.0. The fourth-order valence-electron chi connectivity index (χ4n) is 9.40. The van der Waals surface area contributed by atoms with Crippen molar-refractivity contribution in [2.75, 3.05) is 66.2 Å². The number of nitriles is 1. The van der Waals surface area contributed by atoms with Gasteiger partial charge in [-0.05, 0) is 113 Å². The van der Waals surface area contributed by atoms with Crippen molar-refractivity contribution in [1.29, 1.82) is 5.26 Å². The minimum Gasteiger partial charge on any atom is -0.384 e. The summed E-state index contributed by atoms with van der Waals surface area (Å²) in [6.07, 6.45) is 8.87. The lowest BCUT2D eigenvalue weighted by Crippen LogP contribution is -2.61. The van der Waals surface area contributed by atoms with Crippen LogP contribution in [0.3, 0.4) is 0 Å². The predicted molar refractivity (Wildman–Crippen MR) is 229 cm³/mol. The highest BCUT2D eigenvalue weighted by Crippen LogP contribution is 2.49. The topological polar surface area (TPSA) is 196 Å². The Balaban J connectivity index is 0.694. The van der Waals surface area contributed by atoms with E-state index in [4.69, 9.17) is 4.98 Å². The van der Waals surface area contributed by atoms with E-state index >= 15 is 0 Å². The van der Waals surface area contributed by atoms with Crippen molar-refractivity contribution in [3.63, 3.8) is 0 Å². The molecule has 4 fully saturated rings. The molecule has 1 unspecified atom stereocenters. The molecule has 314 valence electrons. The van der Waals surface area contributed by atoms with Gasteiger partial charge in [0.25, 0.3) is 11.8 Å². The van der Waals surface area contributed by atoms with Crippen LogP contribution in [0.4, 0.5) is 27.7 Å². The van der Waals surface area contributed by atoms with E-state index in [1.807, 2.05) is 41.3 Å². The zero-order chi connectivity index (χ0) is 42.3. The molecule has 16 heteroatoms. The second-order valence-corrected chi connectivity index (χ2v) is 16.9. The summed E-state index contributed by atoms with van der Waals surface area (Å²) in [5.41, 5.74) is 4.11. The van der Waals surface area contributed by atoms with Crippen LogP contribution >= 0.6 is 0 Å². The van der Waals surface area contributed by atoms with E-state index in [1.165, 1.54) is 0 Å². The first-order chi connectivity index (χ1) is 29.6. The van der Waals surface area contributed by atoms with Crippen LogP contribution in [-0.2, 0) is 9.59 Å². The quantitative estimate of drug-likeness (QED) is 0.123. The normalized spacial score (nSPS) is 21.1. The molecule has 5 aliphatic rings. The molecule has 2 atom stereocenters. The van der Waals surface area contributed by atoms with Crippen molar-refractivity contribution in [2.24, 2.45) is 5.92 Å². The number of urea groups is 1. The van der Waals surface area contributed by atoms with Crippen LogP contribution in [0.1, 0.15) is 78.1 Å². The van der Waals surface area contributed by atoms with Gasteiger partial charge in [-0.25, -0.2) is 9.78 Å². The molecule has 2 aromatic carbocycles. The molecule has 16 nitrogen and oxygen atoms in total. The monoisotopic (exact) mass is 823 g/mol. The van der Waals surface area contributed by atoms with Crippen LogP contribution in [0.5, 0.6) is 0 Å². The number of carbonyl (C=O) groups is 5. The van der Waals surface area contributed by atoms with Crippen LogP contribution in [-0.4, -0.2) is 113 Å². The highest BCUT2D eigenvalue weighted by Gasteiger charge is 2.54. The molecule has 4 N–H and O–H groups in total. The molecule has 1 spiro atoms. The molecule has 1 saturated carbocycles. The smallest absolute Gasteiger partial charge is 0.322 e. The average Bonchev–Trinajstić information content (AvgIpc) is 4.01. The van der Waals surface area contributed by atoms with Gasteiger partial charge in [-0.2, -0.15) is 5.26 Å². The molecule has 0 bridgehead atoms. The zero-order valence-corrected chi connectivity index (χ0v) is 34.2. The number of piperidine rings is 2. The summed E-state index contributed by atoms with van der Waals surface area (Å²) < 4.78 is 0. The number of aromatic nitrogens is 2. The van der Waals surface area contributed by atoms with Crippen LogP contribution < -0.4 is 31.1 Å². The highest BCUT2D eigenvalue weighted by molar-refractivity contribution is 6.23. The molecule has 2 aromatic heterocycles. The Morgan fingerprint density at radius 3 is 2.49 bits per heavy atom. The Kier molecular flexibility index (Phi) is 10.7. The van der Waals surface area contributed by atoms with Gasteiger partial charge in [0.1, 0.15) is 17.9 Å². The number of hydrogen-bond donors (Lipinski definition) is 4. The lowest BCUT2D eigenvalue weighted by Gasteiger charge is -2.47. The van der Waals surface area contributed by atoms with E-state index in [0.29, 0.717) is 48.0 Å².